The summed E-state index contributed by atoms with van der Waals surface area (Å²) in [6.45, 7) is 0.665. The van der Waals surface area contributed by atoms with Crippen molar-refractivity contribution in [3.8, 4) is 5.75 Å². The number of carbonyl (C=O) groups is 1. The minimum absolute atomic E-state index is 0.182. The Morgan fingerprint density at radius 3 is 2.84 bits per heavy atom. The van der Waals surface area contributed by atoms with Crippen molar-refractivity contribution in [2.24, 2.45) is 5.92 Å². The van der Waals surface area contributed by atoms with Gasteiger partial charge in [-0.3, -0.25) is 9.78 Å². The van der Waals surface area contributed by atoms with Crippen molar-refractivity contribution in [2.45, 2.75) is 19.3 Å². The molecule has 0 spiro atoms. The van der Waals surface area contributed by atoms with Crippen LogP contribution in [0, 0.1) is 5.92 Å². The molecule has 0 N–H and O–H groups in total. The number of benzene rings is 1. The van der Waals surface area contributed by atoms with Crippen LogP contribution in [0.15, 0.2) is 48.7 Å². The standard InChI is InChI=1S/C19H20F2N2O2/c20-18(21)13-25-16-6-8-22-17(11-16)19(24)23-9-7-15(12-23)10-14-4-2-1-3-5-14/h1-6,8,11,15,18H,7,9-10,12-13H2. The molecule has 0 radical (unpaired) electrons. The topological polar surface area (TPSA) is 42.4 Å². The molecule has 1 aliphatic rings. The number of pyridine rings is 1. The summed E-state index contributed by atoms with van der Waals surface area (Å²) in [4.78, 5) is 18.4. The molecule has 1 saturated heterocycles. The minimum Gasteiger partial charge on any atom is -0.488 e. The molecule has 1 fully saturated rings. The largest absolute Gasteiger partial charge is 0.488 e. The number of aromatic nitrogens is 1. The van der Waals surface area contributed by atoms with Crippen molar-refractivity contribution < 1.29 is 18.3 Å². The molecule has 3 rings (SSSR count). The van der Waals surface area contributed by atoms with Crippen molar-refractivity contribution in [1.29, 1.82) is 0 Å². The molecular formula is C19H20F2N2O2. The Balaban J connectivity index is 1.59. The third-order valence-electron chi connectivity index (χ3n) is 4.27. The van der Waals surface area contributed by atoms with E-state index in [9.17, 15) is 13.6 Å². The molecule has 0 aliphatic carbocycles. The Labute approximate surface area is 145 Å². The second-order valence-electron chi connectivity index (χ2n) is 6.17. The summed E-state index contributed by atoms with van der Waals surface area (Å²) in [6.07, 6.45) is 0.744. The highest BCUT2D eigenvalue weighted by Crippen LogP contribution is 2.23. The molecule has 1 aromatic heterocycles. The molecular weight excluding hydrogens is 326 g/mol. The highest BCUT2D eigenvalue weighted by atomic mass is 19.3. The molecule has 2 aromatic rings. The van der Waals surface area contributed by atoms with Gasteiger partial charge in [0, 0.05) is 25.4 Å². The summed E-state index contributed by atoms with van der Waals surface area (Å²) in [6, 6.07) is 13.1. The second kappa shape index (κ2) is 8.05. The van der Waals surface area contributed by atoms with Gasteiger partial charge in [0.05, 0.1) is 0 Å². The van der Waals surface area contributed by atoms with E-state index in [1.54, 1.807) is 4.90 Å². The van der Waals surface area contributed by atoms with Gasteiger partial charge in [0.1, 0.15) is 18.1 Å². The van der Waals surface area contributed by atoms with E-state index in [2.05, 4.69) is 17.1 Å². The molecule has 1 aliphatic heterocycles. The van der Waals surface area contributed by atoms with Gasteiger partial charge in [-0.2, -0.15) is 0 Å². The van der Waals surface area contributed by atoms with E-state index in [-0.39, 0.29) is 17.4 Å². The molecule has 1 aromatic carbocycles. The predicted octanol–water partition coefficient (Wildman–Crippen LogP) is 3.43. The van der Waals surface area contributed by atoms with Crippen LogP contribution >= 0.6 is 0 Å². The molecule has 4 nitrogen and oxygen atoms in total. The number of amides is 1. The van der Waals surface area contributed by atoms with Crippen LogP contribution in [0.4, 0.5) is 8.78 Å². The molecule has 6 heteroatoms. The van der Waals surface area contributed by atoms with Gasteiger partial charge in [0.2, 0.25) is 0 Å². The van der Waals surface area contributed by atoms with Crippen LogP contribution < -0.4 is 4.74 Å². The fourth-order valence-corrected chi connectivity index (χ4v) is 3.07. The lowest BCUT2D eigenvalue weighted by atomic mass is 9.99. The maximum atomic E-state index is 12.6. The number of likely N-dealkylation sites (tertiary alicyclic amines) is 1. The molecule has 1 atom stereocenters. The van der Waals surface area contributed by atoms with Crippen LogP contribution in [0.25, 0.3) is 0 Å². The molecule has 25 heavy (non-hydrogen) atoms. The van der Waals surface area contributed by atoms with Gasteiger partial charge in [-0.25, -0.2) is 8.78 Å². The summed E-state index contributed by atoms with van der Waals surface area (Å²) >= 11 is 0. The summed E-state index contributed by atoms with van der Waals surface area (Å²) in [5.74, 6) is 0.473. The normalized spacial score (nSPS) is 17.1. The molecule has 1 amide bonds. The Morgan fingerprint density at radius 2 is 2.08 bits per heavy atom. The van der Waals surface area contributed by atoms with E-state index >= 15 is 0 Å². The molecule has 1 unspecified atom stereocenters. The average molecular weight is 346 g/mol. The van der Waals surface area contributed by atoms with Gasteiger partial charge in [-0.05, 0) is 30.4 Å². The Kier molecular flexibility index (Phi) is 5.58. The first-order valence-electron chi connectivity index (χ1n) is 8.32. The molecule has 0 bridgehead atoms. The maximum Gasteiger partial charge on any atom is 0.272 e. The third-order valence-corrected chi connectivity index (χ3v) is 4.27. The number of ether oxygens (including phenoxy) is 1. The lowest BCUT2D eigenvalue weighted by Gasteiger charge is -2.16. The van der Waals surface area contributed by atoms with Crippen LogP contribution in [0.2, 0.25) is 0 Å². The Morgan fingerprint density at radius 1 is 1.28 bits per heavy atom. The zero-order valence-electron chi connectivity index (χ0n) is 13.8. The van der Waals surface area contributed by atoms with Gasteiger partial charge < -0.3 is 9.64 Å². The van der Waals surface area contributed by atoms with Crippen molar-refractivity contribution in [3.05, 3.63) is 59.9 Å². The summed E-state index contributed by atoms with van der Waals surface area (Å²) in [5, 5.41) is 0. The fraction of sp³-hybridized carbons (Fsp3) is 0.368. The van der Waals surface area contributed by atoms with Crippen molar-refractivity contribution in [3.63, 3.8) is 0 Å². The van der Waals surface area contributed by atoms with Crippen molar-refractivity contribution in [1.82, 2.24) is 9.88 Å². The van der Waals surface area contributed by atoms with Crippen molar-refractivity contribution >= 4 is 5.91 Å². The quantitative estimate of drug-likeness (QED) is 0.805. The van der Waals surface area contributed by atoms with E-state index in [1.807, 2.05) is 18.2 Å². The number of hydrogen-bond acceptors (Lipinski definition) is 3. The number of hydrogen-bond donors (Lipinski definition) is 0. The lowest BCUT2D eigenvalue weighted by molar-refractivity contribution is 0.0775. The predicted molar refractivity (Wildman–Crippen MR) is 89.9 cm³/mol. The number of halogens is 2. The van der Waals surface area contributed by atoms with E-state index in [4.69, 9.17) is 4.74 Å². The van der Waals surface area contributed by atoms with Crippen LogP contribution in [0.3, 0.4) is 0 Å². The van der Waals surface area contributed by atoms with Gasteiger partial charge in [-0.15, -0.1) is 0 Å². The van der Waals surface area contributed by atoms with Crippen LogP contribution in [0.1, 0.15) is 22.5 Å². The minimum atomic E-state index is -2.55. The molecule has 2 heterocycles. The summed E-state index contributed by atoms with van der Waals surface area (Å²) in [5.41, 5.74) is 1.49. The monoisotopic (exact) mass is 346 g/mol. The number of carbonyl (C=O) groups excluding carboxylic acids is 1. The third kappa shape index (κ3) is 4.75. The number of rotatable bonds is 6. The van der Waals surface area contributed by atoms with E-state index < -0.39 is 13.0 Å². The Bertz CT molecular complexity index is 710. The smallest absolute Gasteiger partial charge is 0.272 e. The van der Waals surface area contributed by atoms with Gasteiger partial charge >= 0.3 is 0 Å². The Hall–Kier alpha value is -2.50. The van der Waals surface area contributed by atoms with Gasteiger partial charge in [0.25, 0.3) is 12.3 Å². The molecule has 132 valence electrons. The number of nitrogens with zero attached hydrogens (tertiary/aromatic N) is 2. The van der Waals surface area contributed by atoms with E-state index in [1.165, 1.54) is 23.9 Å². The molecule has 0 saturated carbocycles. The van der Waals surface area contributed by atoms with Crippen LogP contribution in [-0.4, -0.2) is 41.9 Å². The first kappa shape index (κ1) is 17.3. The second-order valence-corrected chi connectivity index (χ2v) is 6.17. The SMILES string of the molecule is O=C(c1cc(OCC(F)F)ccn1)N1CCC(Cc2ccccc2)C1. The summed E-state index contributed by atoms with van der Waals surface area (Å²) in [7, 11) is 0. The number of alkyl halides is 2. The van der Waals surface area contributed by atoms with Crippen molar-refractivity contribution in [2.75, 3.05) is 19.7 Å². The zero-order chi connectivity index (χ0) is 17.6. The van der Waals surface area contributed by atoms with Crippen LogP contribution in [0.5, 0.6) is 5.75 Å². The van der Waals surface area contributed by atoms with E-state index in [0.717, 1.165) is 12.8 Å². The summed E-state index contributed by atoms with van der Waals surface area (Å²) < 4.78 is 29.4. The van der Waals surface area contributed by atoms with E-state index in [0.29, 0.717) is 19.0 Å². The first-order chi connectivity index (χ1) is 12.1. The van der Waals surface area contributed by atoms with Gasteiger partial charge in [-0.1, -0.05) is 30.3 Å². The highest BCUT2D eigenvalue weighted by molar-refractivity contribution is 5.92. The maximum absolute atomic E-state index is 12.6. The lowest BCUT2D eigenvalue weighted by Crippen LogP contribution is -2.29. The van der Waals surface area contributed by atoms with Crippen LogP contribution in [-0.2, 0) is 6.42 Å². The highest BCUT2D eigenvalue weighted by Gasteiger charge is 2.27. The zero-order valence-corrected chi connectivity index (χ0v) is 13.8. The average Bonchev–Trinajstić information content (AvgIpc) is 3.09. The van der Waals surface area contributed by atoms with Gasteiger partial charge in [0.15, 0.2) is 0 Å². The fourth-order valence-electron chi connectivity index (χ4n) is 3.07. The first-order valence-corrected chi connectivity index (χ1v) is 8.32.